The van der Waals surface area contributed by atoms with Crippen molar-refractivity contribution in [3.63, 3.8) is 0 Å². The van der Waals surface area contributed by atoms with E-state index in [1.165, 1.54) is 12.1 Å². The summed E-state index contributed by atoms with van der Waals surface area (Å²) in [7, 11) is 0. The minimum atomic E-state index is -0.293. The predicted octanol–water partition coefficient (Wildman–Crippen LogP) is 2.56. The average Bonchev–Trinajstić information content (AvgIpc) is 2.92. The van der Waals surface area contributed by atoms with Crippen LogP contribution >= 0.6 is 11.8 Å². The van der Waals surface area contributed by atoms with Crippen molar-refractivity contribution in [1.82, 2.24) is 15.5 Å². The molecule has 1 aliphatic heterocycles. The largest absolute Gasteiger partial charge is 0.337 e. The SMILES string of the molecule is Cc1ccc(F)cc1-c1noc(C2CSCCN2)n1. The van der Waals surface area contributed by atoms with Crippen molar-refractivity contribution in [2.24, 2.45) is 0 Å². The molecule has 1 unspecified atom stereocenters. The summed E-state index contributed by atoms with van der Waals surface area (Å²) in [4.78, 5) is 4.39. The molecule has 0 aliphatic carbocycles. The minimum absolute atomic E-state index is 0.0915. The zero-order chi connectivity index (χ0) is 13.2. The quantitative estimate of drug-likeness (QED) is 0.915. The van der Waals surface area contributed by atoms with Gasteiger partial charge in [-0.25, -0.2) is 4.39 Å². The lowest BCUT2D eigenvalue weighted by Gasteiger charge is -2.19. The molecule has 1 aromatic carbocycles. The van der Waals surface area contributed by atoms with E-state index in [0.29, 0.717) is 17.3 Å². The Kier molecular flexibility index (Phi) is 3.52. The lowest BCUT2D eigenvalue weighted by atomic mass is 10.1. The van der Waals surface area contributed by atoms with Crippen molar-refractivity contribution in [1.29, 1.82) is 0 Å². The first-order valence-electron chi connectivity index (χ1n) is 6.15. The van der Waals surface area contributed by atoms with Gasteiger partial charge in [0.25, 0.3) is 0 Å². The Balaban J connectivity index is 1.89. The molecule has 19 heavy (non-hydrogen) atoms. The van der Waals surface area contributed by atoms with Crippen LogP contribution in [0.5, 0.6) is 0 Å². The summed E-state index contributed by atoms with van der Waals surface area (Å²) in [6.07, 6.45) is 0. The van der Waals surface area contributed by atoms with Crippen LogP contribution in [0.3, 0.4) is 0 Å². The molecule has 1 aromatic heterocycles. The summed E-state index contributed by atoms with van der Waals surface area (Å²) in [5.41, 5.74) is 1.61. The summed E-state index contributed by atoms with van der Waals surface area (Å²) in [5.74, 6) is 2.75. The van der Waals surface area contributed by atoms with Gasteiger partial charge in [-0.05, 0) is 24.6 Å². The third-order valence-electron chi connectivity index (χ3n) is 3.10. The van der Waals surface area contributed by atoms with Crippen LogP contribution in [-0.2, 0) is 0 Å². The fourth-order valence-corrected chi connectivity index (χ4v) is 2.97. The van der Waals surface area contributed by atoms with Crippen molar-refractivity contribution in [2.75, 3.05) is 18.1 Å². The predicted molar refractivity (Wildman–Crippen MR) is 72.5 cm³/mol. The topological polar surface area (TPSA) is 51.0 Å². The lowest BCUT2D eigenvalue weighted by Crippen LogP contribution is -2.30. The van der Waals surface area contributed by atoms with E-state index in [9.17, 15) is 4.39 Å². The van der Waals surface area contributed by atoms with Crippen LogP contribution in [0.1, 0.15) is 17.5 Å². The normalized spacial score (nSPS) is 19.6. The maximum Gasteiger partial charge on any atom is 0.244 e. The molecule has 0 radical (unpaired) electrons. The van der Waals surface area contributed by atoms with Crippen LogP contribution in [0.25, 0.3) is 11.4 Å². The number of hydrogen-bond donors (Lipinski definition) is 1. The molecular weight excluding hydrogens is 265 g/mol. The summed E-state index contributed by atoms with van der Waals surface area (Å²) < 4.78 is 18.6. The van der Waals surface area contributed by atoms with Crippen LogP contribution in [0.2, 0.25) is 0 Å². The lowest BCUT2D eigenvalue weighted by molar-refractivity contribution is 0.342. The van der Waals surface area contributed by atoms with Crippen molar-refractivity contribution in [2.45, 2.75) is 13.0 Å². The first-order valence-corrected chi connectivity index (χ1v) is 7.31. The van der Waals surface area contributed by atoms with Crippen LogP contribution in [0, 0.1) is 12.7 Å². The number of halogens is 1. The van der Waals surface area contributed by atoms with Gasteiger partial charge in [-0.1, -0.05) is 11.2 Å². The van der Waals surface area contributed by atoms with Crippen LogP contribution in [0.4, 0.5) is 4.39 Å². The van der Waals surface area contributed by atoms with Gasteiger partial charge in [-0.15, -0.1) is 0 Å². The van der Waals surface area contributed by atoms with Gasteiger partial charge in [0.05, 0.1) is 6.04 Å². The summed E-state index contributed by atoms with van der Waals surface area (Å²) >= 11 is 1.86. The van der Waals surface area contributed by atoms with E-state index in [1.54, 1.807) is 6.07 Å². The van der Waals surface area contributed by atoms with Gasteiger partial charge in [-0.2, -0.15) is 16.7 Å². The van der Waals surface area contributed by atoms with Gasteiger partial charge >= 0.3 is 0 Å². The van der Waals surface area contributed by atoms with Crippen LogP contribution in [0.15, 0.2) is 22.7 Å². The molecule has 0 spiro atoms. The Labute approximate surface area is 114 Å². The summed E-state index contributed by atoms with van der Waals surface area (Å²) in [6, 6.07) is 4.68. The maximum absolute atomic E-state index is 13.3. The highest BCUT2D eigenvalue weighted by atomic mass is 32.2. The van der Waals surface area contributed by atoms with Gasteiger partial charge in [0.1, 0.15) is 5.82 Å². The molecular formula is C13H14FN3OS. The molecule has 0 bridgehead atoms. The molecule has 4 nitrogen and oxygen atoms in total. The number of hydrogen-bond acceptors (Lipinski definition) is 5. The number of nitrogens with zero attached hydrogens (tertiary/aromatic N) is 2. The van der Waals surface area contributed by atoms with E-state index in [-0.39, 0.29) is 11.9 Å². The first kappa shape index (κ1) is 12.6. The van der Waals surface area contributed by atoms with Crippen molar-refractivity contribution in [3.05, 3.63) is 35.5 Å². The smallest absolute Gasteiger partial charge is 0.244 e. The Morgan fingerprint density at radius 2 is 2.37 bits per heavy atom. The van der Waals surface area contributed by atoms with Crippen molar-refractivity contribution in [3.8, 4) is 11.4 Å². The third kappa shape index (κ3) is 2.64. The number of aromatic nitrogens is 2. The van der Waals surface area contributed by atoms with Gasteiger partial charge < -0.3 is 9.84 Å². The number of benzene rings is 1. The van der Waals surface area contributed by atoms with Gasteiger partial charge in [-0.3, -0.25) is 0 Å². The fraction of sp³-hybridized carbons (Fsp3) is 0.385. The summed E-state index contributed by atoms with van der Waals surface area (Å²) in [6.45, 7) is 2.84. The number of thioether (sulfide) groups is 1. The molecule has 2 aromatic rings. The second-order valence-electron chi connectivity index (χ2n) is 4.50. The van der Waals surface area contributed by atoms with E-state index >= 15 is 0 Å². The Bertz CT molecular complexity index is 581. The fourth-order valence-electron chi connectivity index (χ4n) is 2.05. The molecule has 0 saturated carbocycles. The number of rotatable bonds is 2. The van der Waals surface area contributed by atoms with E-state index < -0.39 is 0 Å². The molecule has 100 valence electrons. The molecule has 0 amide bonds. The standard InChI is InChI=1S/C13H14FN3OS/c1-8-2-3-9(14)6-10(8)12-16-13(18-17-12)11-7-19-5-4-15-11/h2-3,6,11,15H,4-5,7H2,1H3. The van der Waals surface area contributed by atoms with Gasteiger partial charge in [0.15, 0.2) is 0 Å². The van der Waals surface area contributed by atoms with Crippen LogP contribution < -0.4 is 5.32 Å². The zero-order valence-electron chi connectivity index (χ0n) is 10.5. The minimum Gasteiger partial charge on any atom is -0.337 e. The first-order chi connectivity index (χ1) is 9.24. The molecule has 1 aliphatic rings. The van der Waals surface area contributed by atoms with Crippen molar-refractivity contribution < 1.29 is 8.91 Å². The third-order valence-corrected chi connectivity index (χ3v) is 4.16. The van der Waals surface area contributed by atoms with Crippen LogP contribution in [-0.4, -0.2) is 28.2 Å². The maximum atomic E-state index is 13.3. The molecule has 3 rings (SSSR count). The Morgan fingerprint density at radius 3 is 3.16 bits per heavy atom. The molecule has 1 atom stereocenters. The monoisotopic (exact) mass is 279 g/mol. The number of nitrogens with one attached hydrogen (secondary N) is 1. The molecule has 2 heterocycles. The van der Waals surface area contributed by atoms with E-state index in [0.717, 1.165) is 23.6 Å². The highest BCUT2D eigenvalue weighted by Crippen LogP contribution is 2.25. The second-order valence-corrected chi connectivity index (χ2v) is 5.65. The molecule has 1 N–H and O–H groups in total. The van der Waals surface area contributed by atoms with E-state index in [2.05, 4.69) is 15.5 Å². The average molecular weight is 279 g/mol. The second kappa shape index (κ2) is 5.30. The zero-order valence-corrected chi connectivity index (χ0v) is 11.3. The highest BCUT2D eigenvalue weighted by Gasteiger charge is 2.22. The van der Waals surface area contributed by atoms with Crippen molar-refractivity contribution >= 4 is 11.8 Å². The Hall–Kier alpha value is -1.40. The molecule has 1 fully saturated rings. The summed E-state index contributed by atoms with van der Waals surface area (Å²) in [5, 5.41) is 7.30. The number of aryl methyl sites for hydroxylation is 1. The molecule has 1 saturated heterocycles. The van der Waals surface area contributed by atoms with Gasteiger partial charge in [0.2, 0.25) is 11.7 Å². The van der Waals surface area contributed by atoms with E-state index in [1.807, 2.05) is 18.7 Å². The van der Waals surface area contributed by atoms with E-state index in [4.69, 9.17) is 4.52 Å². The Morgan fingerprint density at radius 1 is 1.47 bits per heavy atom. The highest BCUT2D eigenvalue weighted by molar-refractivity contribution is 7.99. The van der Waals surface area contributed by atoms with Gasteiger partial charge in [0, 0.05) is 23.6 Å². The molecule has 6 heteroatoms.